The Bertz CT molecular complexity index is 354. The summed E-state index contributed by atoms with van der Waals surface area (Å²) in [4.78, 5) is 22.0. The Hall–Kier alpha value is -1.26. The van der Waals surface area contributed by atoms with Crippen LogP contribution in [0.25, 0.3) is 0 Å². The molecular formula is C14H28N2O7. The summed E-state index contributed by atoms with van der Waals surface area (Å²) in [5.41, 5.74) is 5.38. The Balaban J connectivity index is 3.95. The van der Waals surface area contributed by atoms with Gasteiger partial charge in [0.1, 0.15) is 12.2 Å². The van der Waals surface area contributed by atoms with Crippen molar-refractivity contribution in [2.45, 2.75) is 62.9 Å². The quantitative estimate of drug-likeness (QED) is 0.188. The minimum Gasteiger partial charge on any atom is -0.479 e. The SMILES string of the molecule is NCCCCCCCCNC(=O)[C@@H](O)[C@@H](O)[C@H](O)[C@@H](O)C(=O)O. The summed E-state index contributed by atoms with van der Waals surface area (Å²) in [6.07, 6.45) is -2.88. The minimum atomic E-state index is -2.29. The van der Waals surface area contributed by atoms with Gasteiger partial charge in [0.15, 0.2) is 12.2 Å². The Labute approximate surface area is 135 Å². The first kappa shape index (κ1) is 21.7. The molecule has 0 heterocycles. The average molecular weight is 336 g/mol. The number of nitrogens with one attached hydrogen (secondary N) is 1. The van der Waals surface area contributed by atoms with Crippen molar-refractivity contribution in [1.29, 1.82) is 0 Å². The Morgan fingerprint density at radius 3 is 1.83 bits per heavy atom. The maximum Gasteiger partial charge on any atom is 0.335 e. The molecule has 0 radical (unpaired) electrons. The van der Waals surface area contributed by atoms with Crippen molar-refractivity contribution in [2.24, 2.45) is 5.73 Å². The van der Waals surface area contributed by atoms with Gasteiger partial charge in [-0.25, -0.2) is 4.79 Å². The zero-order valence-corrected chi connectivity index (χ0v) is 13.1. The van der Waals surface area contributed by atoms with Gasteiger partial charge < -0.3 is 36.6 Å². The molecule has 0 aromatic rings. The molecule has 136 valence electrons. The minimum absolute atomic E-state index is 0.289. The van der Waals surface area contributed by atoms with E-state index in [0.717, 1.165) is 32.1 Å². The van der Waals surface area contributed by atoms with Crippen LogP contribution in [-0.2, 0) is 9.59 Å². The molecule has 0 aromatic heterocycles. The lowest BCUT2D eigenvalue weighted by Gasteiger charge is -2.23. The summed E-state index contributed by atoms with van der Waals surface area (Å²) in [5, 5.41) is 48.4. The average Bonchev–Trinajstić information content (AvgIpc) is 2.54. The monoisotopic (exact) mass is 336 g/mol. The number of carbonyl (C=O) groups is 2. The van der Waals surface area contributed by atoms with Crippen LogP contribution in [0.5, 0.6) is 0 Å². The van der Waals surface area contributed by atoms with Gasteiger partial charge in [-0.2, -0.15) is 0 Å². The molecule has 23 heavy (non-hydrogen) atoms. The lowest BCUT2D eigenvalue weighted by atomic mass is 10.0. The van der Waals surface area contributed by atoms with Crippen molar-refractivity contribution < 1.29 is 35.1 Å². The molecule has 4 atom stereocenters. The van der Waals surface area contributed by atoms with Gasteiger partial charge in [0.05, 0.1) is 0 Å². The molecule has 0 rings (SSSR count). The Morgan fingerprint density at radius 2 is 1.30 bits per heavy atom. The first-order valence-corrected chi connectivity index (χ1v) is 7.75. The van der Waals surface area contributed by atoms with Crippen molar-refractivity contribution in [3.8, 4) is 0 Å². The van der Waals surface area contributed by atoms with Gasteiger partial charge in [-0.05, 0) is 19.4 Å². The highest BCUT2D eigenvalue weighted by Gasteiger charge is 2.37. The molecule has 0 saturated heterocycles. The molecule has 0 spiro atoms. The van der Waals surface area contributed by atoms with Gasteiger partial charge in [-0.1, -0.05) is 25.7 Å². The van der Waals surface area contributed by atoms with Crippen LogP contribution in [0.15, 0.2) is 0 Å². The Kier molecular flexibility index (Phi) is 11.5. The second-order valence-electron chi connectivity index (χ2n) is 5.41. The van der Waals surface area contributed by atoms with E-state index in [2.05, 4.69) is 5.32 Å². The summed E-state index contributed by atoms with van der Waals surface area (Å²) in [6.45, 7) is 0.968. The van der Waals surface area contributed by atoms with Crippen LogP contribution in [0.1, 0.15) is 38.5 Å². The van der Waals surface area contributed by atoms with E-state index < -0.39 is 36.3 Å². The summed E-state index contributed by atoms with van der Waals surface area (Å²) in [5.74, 6) is -2.70. The van der Waals surface area contributed by atoms with E-state index in [1.54, 1.807) is 0 Å². The van der Waals surface area contributed by atoms with E-state index in [0.29, 0.717) is 13.0 Å². The van der Waals surface area contributed by atoms with Gasteiger partial charge >= 0.3 is 5.97 Å². The highest BCUT2D eigenvalue weighted by atomic mass is 16.4. The van der Waals surface area contributed by atoms with Crippen LogP contribution in [0.3, 0.4) is 0 Å². The number of nitrogens with two attached hydrogens (primary N) is 1. The number of carboxylic acid groups (broad SMARTS) is 1. The fourth-order valence-electron chi connectivity index (χ4n) is 1.97. The van der Waals surface area contributed by atoms with Crippen molar-refractivity contribution in [1.82, 2.24) is 5.32 Å². The standard InChI is InChI=1S/C14H28N2O7/c15-7-5-3-1-2-4-6-8-16-13(21)11(19)9(17)10(18)12(20)14(22)23/h9-12,17-20H,1-8,15H2,(H,16,21)(H,22,23)/t9-,10-,11-,12+/m0/s1. The maximum absolute atomic E-state index is 11.6. The molecular weight excluding hydrogens is 308 g/mol. The van der Waals surface area contributed by atoms with Crippen molar-refractivity contribution in [3.63, 3.8) is 0 Å². The van der Waals surface area contributed by atoms with Gasteiger partial charge in [0.25, 0.3) is 5.91 Å². The molecule has 0 bridgehead atoms. The molecule has 0 unspecified atom stereocenters. The first-order valence-electron chi connectivity index (χ1n) is 7.75. The number of amides is 1. The summed E-state index contributed by atoms with van der Waals surface area (Å²) >= 11 is 0. The molecule has 0 aliphatic heterocycles. The van der Waals surface area contributed by atoms with E-state index >= 15 is 0 Å². The second-order valence-corrected chi connectivity index (χ2v) is 5.41. The van der Waals surface area contributed by atoms with Crippen molar-refractivity contribution in [3.05, 3.63) is 0 Å². The van der Waals surface area contributed by atoms with Gasteiger partial charge in [-0.15, -0.1) is 0 Å². The molecule has 9 nitrogen and oxygen atoms in total. The van der Waals surface area contributed by atoms with Crippen molar-refractivity contribution in [2.75, 3.05) is 13.1 Å². The number of carbonyl (C=O) groups excluding carboxylic acids is 1. The lowest BCUT2D eigenvalue weighted by Crippen LogP contribution is -2.52. The number of unbranched alkanes of at least 4 members (excludes halogenated alkanes) is 5. The topological polar surface area (TPSA) is 173 Å². The van der Waals surface area contributed by atoms with Gasteiger partial charge in [-0.3, -0.25) is 4.79 Å². The second kappa shape index (κ2) is 12.2. The molecule has 0 fully saturated rings. The van der Waals surface area contributed by atoms with E-state index in [9.17, 15) is 24.9 Å². The zero-order valence-electron chi connectivity index (χ0n) is 13.1. The molecule has 0 aliphatic carbocycles. The number of hydrogen-bond donors (Lipinski definition) is 7. The van der Waals surface area contributed by atoms with Crippen LogP contribution in [0.2, 0.25) is 0 Å². The maximum atomic E-state index is 11.6. The number of aliphatic carboxylic acids is 1. The Morgan fingerprint density at radius 1 is 0.826 bits per heavy atom. The van der Waals surface area contributed by atoms with Crippen LogP contribution in [0, 0.1) is 0 Å². The summed E-state index contributed by atoms with van der Waals surface area (Å²) in [7, 11) is 0. The molecule has 0 aromatic carbocycles. The number of aliphatic hydroxyl groups excluding tert-OH is 4. The number of hydrogen-bond acceptors (Lipinski definition) is 7. The first-order chi connectivity index (χ1) is 10.8. The van der Waals surface area contributed by atoms with Crippen LogP contribution in [-0.4, -0.2) is 74.9 Å². The third-order valence-electron chi connectivity index (χ3n) is 3.45. The van der Waals surface area contributed by atoms with Gasteiger partial charge in [0, 0.05) is 6.54 Å². The smallest absolute Gasteiger partial charge is 0.335 e. The number of aliphatic hydroxyl groups is 4. The zero-order chi connectivity index (χ0) is 17.8. The van der Waals surface area contributed by atoms with E-state index in [1.165, 1.54) is 0 Å². The molecule has 0 saturated carbocycles. The largest absolute Gasteiger partial charge is 0.479 e. The summed E-state index contributed by atoms with van der Waals surface area (Å²) in [6, 6.07) is 0. The molecule has 1 amide bonds. The highest BCUT2D eigenvalue weighted by Crippen LogP contribution is 2.07. The van der Waals surface area contributed by atoms with E-state index in [1.807, 2.05) is 0 Å². The van der Waals surface area contributed by atoms with Crippen LogP contribution >= 0.6 is 0 Å². The van der Waals surface area contributed by atoms with Crippen LogP contribution < -0.4 is 11.1 Å². The fraction of sp³-hybridized carbons (Fsp3) is 0.857. The normalized spacial score (nSPS) is 16.4. The number of rotatable bonds is 13. The highest BCUT2D eigenvalue weighted by molar-refractivity contribution is 5.81. The summed E-state index contributed by atoms with van der Waals surface area (Å²) < 4.78 is 0. The molecule has 9 heteroatoms. The fourth-order valence-corrected chi connectivity index (χ4v) is 1.97. The number of carboxylic acids is 1. The van der Waals surface area contributed by atoms with E-state index in [-0.39, 0.29) is 6.54 Å². The van der Waals surface area contributed by atoms with E-state index in [4.69, 9.17) is 15.9 Å². The lowest BCUT2D eigenvalue weighted by molar-refractivity contribution is -0.166. The molecule has 0 aliphatic rings. The third-order valence-corrected chi connectivity index (χ3v) is 3.45. The third kappa shape index (κ3) is 8.82. The molecule has 8 N–H and O–H groups in total. The predicted molar refractivity (Wildman–Crippen MR) is 81.4 cm³/mol. The predicted octanol–water partition coefficient (Wildman–Crippen LogP) is -2.07. The van der Waals surface area contributed by atoms with Gasteiger partial charge in [0.2, 0.25) is 0 Å². The van der Waals surface area contributed by atoms with Crippen LogP contribution in [0.4, 0.5) is 0 Å². The van der Waals surface area contributed by atoms with Crippen molar-refractivity contribution >= 4 is 11.9 Å².